The van der Waals surface area contributed by atoms with Crippen molar-refractivity contribution in [2.75, 3.05) is 25.5 Å². The Balaban J connectivity index is 2.02. The number of nitrogens with zero attached hydrogens (tertiary/aromatic N) is 1. The number of carbonyl (C=O) groups is 3. The fourth-order valence-electron chi connectivity index (χ4n) is 2.41. The van der Waals surface area contributed by atoms with Crippen molar-refractivity contribution in [1.82, 2.24) is 4.90 Å². The Labute approximate surface area is 127 Å². The molecule has 7 nitrogen and oxygen atoms in total. The number of anilines is 1. The maximum atomic E-state index is 12.2. The van der Waals surface area contributed by atoms with E-state index in [4.69, 9.17) is 5.11 Å². The molecule has 1 aliphatic rings. The van der Waals surface area contributed by atoms with Crippen LogP contribution in [0.2, 0.25) is 0 Å². The van der Waals surface area contributed by atoms with Crippen LogP contribution in [-0.2, 0) is 9.53 Å². The van der Waals surface area contributed by atoms with Crippen molar-refractivity contribution in [3.8, 4) is 0 Å². The summed E-state index contributed by atoms with van der Waals surface area (Å²) in [4.78, 5) is 36.2. The number of esters is 1. The number of rotatable bonds is 3. The quantitative estimate of drug-likeness (QED) is 0.830. The summed E-state index contributed by atoms with van der Waals surface area (Å²) in [5, 5.41) is 11.7. The number of aliphatic carboxylic acids is 1. The molecule has 2 amide bonds. The molecule has 7 heteroatoms. The molecular formula is C15H18N2O5. The molecule has 1 atom stereocenters. The van der Waals surface area contributed by atoms with E-state index in [1.165, 1.54) is 18.1 Å². The number of methoxy groups -OCH3 is 1. The van der Waals surface area contributed by atoms with Crippen LogP contribution in [0.5, 0.6) is 0 Å². The summed E-state index contributed by atoms with van der Waals surface area (Å²) in [6.45, 7) is 0.712. The first-order valence-electron chi connectivity index (χ1n) is 6.98. The van der Waals surface area contributed by atoms with E-state index in [1.807, 2.05) is 0 Å². The van der Waals surface area contributed by atoms with Gasteiger partial charge in [0.05, 0.1) is 18.6 Å². The van der Waals surface area contributed by atoms with Crippen LogP contribution < -0.4 is 5.32 Å². The largest absolute Gasteiger partial charge is 0.481 e. The van der Waals surface area contributed by atoms with Crippen LogP contribution in [0.15, 0.2) is 24.3 Å². The number of hydrogen-bond donors (Lipinski definition) is 2. The Morgan fingerprint density at radius 1 is 1.36 bits per heavy atom. The molecule has 1 unspecified atom stereocenters. The molecule has 0 radical (unpaired) electrons. The lowest BCUT2D eigenvalue weighted by atomic mass is 9.99. The Morgan fingerprint density at radius 2 is 2.14 bits per heavy atom. The van der Waals surface area contributed by atoms with Crippen LogP contribution in [0.25, 0.3) is 0 Å². The van der Waals surface area contributed by atoms with Crippen molar-refractivity contribution < 1.29 is 24.2 Å². The molecule has 0 spiro atoms. The fourth-order valence-corrected chi connectivity index (χ4v) is 2.41. The predicted octanol–water partition coefficient (Wildman–Crippen LogP) is 1.80. The van der Waals surface area contributed by atoms with Gasteiger partial charge in [-0.25, -0.2) is 9.59 Å². The number of benzene rings is 1. The molecule has 0 bridgehead atoms. The second-order valence-electron chi connectivity index (χ2n) is 5.13. The monoisotopic (exact) mass is 306 g/mol. The van der Waals surface area contributed by atoms with E-state index in [0.29, 0.717) is 30.6 Å². The Kier molecular flexibility index (Phi) is 4.98. The normalized spacial score (nSPS) is 17.7. The molecule has 2 rings (SSSR count). The number of ether oxygens (including phenoxy) is 1. The molecule has 1 heterocycles. The van der Waals surface area contributed by atoms with Crippen molar-refractivity contribution in [3.63, 3.8) is 0 Å². The third-order valence-corrected chi connectivity index (χ3v) is 3.59. The van der Waals surface area contributed by atoms with Crippen molar-refractivity contribution in [1.29, 1.82) is 0 Å². The summed E-state index contributed by atoms with van der Waals surface area (Å²) in [5.41, 5.74) is 0.799. The van der Waals surface area contributed by atoms with Crippen LogP contribution in [-0.4, -0.2) is 48.2 Å². The SMILES string of the molecule is COC(=O)c1cccc(NC(=O)N2CCCC(C(=O)O)C2)c1. The molecule has 1 aromatic carbocycles. The highest BCUT2D eigenvalue weighted by Crippen LogP contribution is 2.18. The van der Waals surface area contributed by atoms with E-state index >= 15 is 0 Å². The number of carboxylic acid groups (broad SMARTS) is 1. The van der Waals surface area contributed by atoms with Gasteiger partial charge in [0.2, 0.25) is 0 Å². The number of carbonyl (C=O) groups excluding carboxylic acids is 2. The van der Waals surface area contributed by atoms with E-state index in [1.54, 1.807) is 18.2 Å². The van der Waals surface area contributed by atoms with Gasteiger partial charge in [-0.1, -0.05) is 6.07 Å². The summed E-state index contributed by atoms with van der Waals surface area (Å²) in [6.07, 6.45) is 1.24. The van der Waals surface area contributed by atoms with Crippen LogP contribution >= 0.6 is 0 Å². The number of hydrogen-bond acceptors (Lipinski definition) is 4. The zero-order valence-electron chi connectivity index (χ0n) is 12.2. The first-order chi connectivity index (χ1) is 10.5. The number of nitrogens with one attached hydrogen (secondary N) is 1. The van der Waals surface area contributed by atoms with Gasteiger partial charge in [0.1, 0.15) is 0 Å². The standard InChI is InChI=1S/C15H18N2O5/c1-22-14(20)10-4-2-6-12(8-10)16-15(21)17-7-3-5-11(9-17)13(18)19/h2,4,6,8,11H,3,5,7,9H2,1H3,(H,16,21)(H,18,19). The second-order valence-corrected chi connectivity index (χ2v) is 5.13. The number of amides is 2. The minimum absolute atomic E-state index is 0.192. The van der Waals surface area contributed by atoms with Gasteiger partial charge in [0.15, 0.2) is 0 Å². The number of carboxylic acids is 1. The van der Waals surface area contributed by atoms with Gasteiger partial charge in [0.25, 0.3) is 0 Å². The number of likely N-dealkylation sites (tertiary alicyclic amines) is 1. The topological polar surface area (TPSA) is 95.9 Å². The average molecular weight is 306 g/mol. The van der Waals surface area contributed by atoms with Crippen LogP contribution in [0.1, 0.15) is 23.2 Å². The summed E-state index contributed by atoms with van der Waals surface area (Å²) in [6, 6.07) is 6.03. The molecule has 22 heavy (non-hydrogen) atoms. The molecular weight excluding hydrogens is 288 g/mol. The van der Waals surface area contributed by atoms with Crippen LogP contribution in [0.4, 0.5) is 10.5 Å². The third kappa shape index (κ3) is 3.75. The van der Waals surface area contributed by atoms with E-state index in [-0.39, 0.29) is 12.6 Å². The number of urea groups is 1. The van der Waals surface area contributed by atoms with Gasteiger partial charge < -0.3 is 20.1 Å². The highest BCUT2D eigenvalue weighted by molar-refractivity contribution is 5.94. The molecule has 0 saturated carbocycles. The summed E-state index contributed by atoms with van der Waals surface area (Å²) >= 11 is 0. The molecule has 118 valence electrons. The second kappa shape index (κ2) is 6.93. The molecule has 1 aliphatic heterocycles. The van der Waals surface area contributed by atoms with E-state index in [2.05, 4.69) is 10.1 Å². The molecule has 0 aromatic heterocycles. The van der Waals surface area contributed by atoms with Gasteiger partial charge in [-0.2, -0.15) is 0 Å². The lowest BCUT2D eigenvalue weighted by Crippen LogP contribution is -2.44. The van der Waals surface area contributed by atoms with Crippen molar-refractivity contribution >= 4 is 23.7 Å². The molecule has 0 aliphatic carbocycles. The van der Waals surface area contributed by atoms with E-state index in [0.717, 1.165) is 0 Å². The molecule has 2 N–H and O–H groups in total. The van der Waals surface area contributed by atoms with Crippen molar-refractivity contribution in [2.24, 2.45) is 5.92 Å². The zero-order chi connectivity index (χ0) is 16.1. The third-order valence-electron chi connectivity index (χ3n) is 3.59. The highest BCUT2D eigenvalue weighted by Gasteiger charge is 2.28. The van der Waals surface area contributed by atoms with Crippen LogP contribution in [0.3, 0.4) is 0 Å². The lowest BCUT2D eigenvalue weighted by molar-refractivity contribution is -0.143. The first kappa shape index (κ1) is 15.8. The van der Waals surface area contributed by atoms with Gasteiger partial charge in [-0.3, -0.25) is 4.79 Å². The van der Waals surface area contributed by atoms with Crippen molar-refractivity contribution in [3.05, 3.63) is 29.8 Å². The van der Waals surface area contributed by atoms with Crippen molar-refractivity contribution in [2.45, 2.75) is 12.8 Å². The van der Waals surface area contributed by atoms with Gasteiger partial charge in [-0.05, 0) is 31.0 Å². The Bertz CT molecular complexity index is 587. The maximum Gasteiger partial charge on any atom is 0.337 e. The van der Waals surface area contributed by atoms with Gasteiger partial charge in [0, 0.05) is 18.8 Å². The minimum atomic E-state index is -0.884. The molecule has 1 aromatic rings. The lowest BCUT2D eigenvalue weighted by Gasteiger charge is -2.30. The average Bonchev–Trinajstić information content (AvgIpc) is 2.54. The highest BCUT2D eigenvalue weighted by atomic mass is 16.5. The summed E-state index contributed by atoms with van der Waals surface area (Å²) < 4.78 is 4.63. The number of piperidine rings is 1. The minimum Gasteiger partial charge on any atom is -0.481 e. The smallest absolute Gasteiger partial charge is 0.337 e. The van der Waals surface area contributed by atoms with E-state index < -0.39 is 17.9 Å². The predicted molar refractivity (Wildman–Crippen MR) is 78.7 cm³/mol. The summed E-state index contributed by atoms with van der Waals surface area (Å²) in [5.74, 6) is -1.90. The van der Waals surface area contributed by atoms with Gasteiger partial charge in [-0.15, -0.1) is 0 Å². The Hall–Kier alpha value is -2.57. The Morgan fingerprint density at radius 3 is 2.82 bits per heavy atom. The first-order valence-corrected chi connectivity index (χ1v) is 6.98. The zero-order valence-corrected chi connectivity index (χ0v) is 12.2. The molecule has 1 saturated heterocycles. The van der Waals surface area contributed by atoms with E-state index in [9.17, 15) is 14.4 Å². The fraction of sp³-hybridized carbons (Fsp3) is 0.400. The molecule has 1 fully saturated rings. The van der Waals surface area contributed by atoms with Crippen LogP contribution in [0, 0.1) is 5.92 Å². The van der Waals surface area contributed by atoms with Gasteiger partial charge >= 0.3 is 18.0 Å². The summed E-state index contributed by atoms with van der Waals surface area (Å²) in [7, 11) is 1.29. The maximum absolute atomic E-state index is 12.2.